The van der Waals surface area contributed by atoms with Crippen molar-refractivity contribution in [1.29, 1.82) is 0 Å². The van der Waals surface area contributed by atoms with Crippen LogP contribution in [0.1, 0.15) is 32.1 Å². The molecule has 3 heterocycles. The summed E-state index contributed by atoms with van der Waals surface area (Å²) in [5.74, 6) is -3.54. The summed E-state index contributed by atoms with van der Waals surface area (Å²) < 4.78 is 69.7. The molecule has 0 amide bonds. The van der Waals surface area contributed by atoms with E-state index in [1.165, 1.54) is 32.4 Å². The highest BCUT2D eigenvalue weighted by Gasteiger charge is 2.44. The van der Waals surface area contributed by atoms with E-state index in [0.717, 1.165) is 37.7 Å². The molecule has 1 spiro atoms. The first kappa shape index (κ1) is 28.6. The van der Waals surface area contributed by atoms with E-state index in [4.69, 9.17) is 24.5 Å². The number of anilines is 1. The van der Waals surface area contributed by atoms with Crippen molar-refractivity contribution < 1.29 is 50.9 Å². The maximum Gasteiger partial charge on any atom is 0.490 e. The maximum absolute atomic E-state index is 10.6. The zero-order valence-electron chi connectivity index (χ0n) is 18.6. The number of hydrogen-bond donors (Lipinski definition) is 3. The van der Waals surface area contributed by atoms with E-state index >= 15 is 0 Å². The molecule has 2 atom stereocenters. The largest absolute Gasteiger partial charge is 0.490 e. The lowest BCUT2D eigenvalue weighted by Gasteiger charge is -2.38. The summed E-state index contributed by atoms with van der Waals surface area (Å²) in [6, 6.07) is 6.55. The highest BCUT2D eigenvalue weighted by molar-refractivity contribution is 5.73. The molecule has 1 aromatic rings. The Balaban J connectivity index is 0.000000257. The first-order valence-electron chi connectivity index (χ1n) is 10.8. The Morgan fingerprint density at radius 3 is 2.17 bits per heavy atom. The molecule has 1 aliphatic carbocycles. The average molecular weight is 515 g/mol. The number of carboxylic acid groups (broad SMARTS) is 2. The Kier molecular flexibility index (Phi) is 9.72. The van der Waals surface area contributed by atoms with Crippen LogP contribution in [0.3, 0.4) is 0 Å². The predicted molar refractivity (Wildman–Crippen MR) is 111 cm³/mol. The van der Waals surface area contributed by atoms with E-state index in [1.807, 2.05) is 18.3 Å². The Morgan fingerprint density at radius 2 is 1.69 bits per heavy atom. The number of rotatable bonds is 4. The molecule has 8 nitrogen and oxygen atoms in total. The van der Waals surface area contributed by atoms with Gasteiger partial charge in [-0.05, 0) is 50.2 Å². The molecule has 1 saturated carbocycles. The van der Waals surface area contributed by atoms with Crippen molar-refractivity contribution in [3.05, 3.63) is 24.4 Å². The van der Waals surface area contributed by atoms with Crippen molar-refractivity contribution in [2.45, 2.75) is 56.1 Å². The first-order chi connectivity index (χ1) is 16.2. The van der Waals surface area contributed by atoms with E-state index in [0.29, 0.717) is 6.04 Å². The van der Waals surface area contributed by atoms with Crippen molar-refractivity contribution in [1.82, 2.24) is 9.88 Å². The lowest BCUT2D eigenvalue weighted by Crippen LogP contribution is -2.46. The van der Waals surface area contributed by atoms with Crippen molar-refractivity contribution in [2.24, 2.45) is 5.92 Å². The molecule has 198 valence electrons. The molecular weight excluding hydrogens is 488 g/mol. The predicted octanol–water partition coefficient (Wildman–Crippen LogP) is 3.79. The van der Waals surface area contributed by atoms with E-state index in [2.05, 4.69) is 21.3 Å². The van der Waals surface area contributed by atoms with Gasteiger partial charge in [0.15, 0.2) is 0 Å². The van der Waals surface area contributed by atoms with Crippen LogP contribution in [-0.2, 0) is 14.3 Å². The minimum absolute atomic E-state index is 0.0968. The summed E-state index contributed by atoms with van der Waals surface area (Å²) in [7, 11) is 0. The van der Waals surface area contributed by atoms with Crippen molar-refractivity contribution in [3.63, 3.8) is 0 Å². The molecule has 3 fully saturated rings. The number of nitrogens with zero attached hydrogens (tertiary/aromatic N) is 2. The number of alkyl halides is 6. The van der Waals surface area contributed by atoms with Crippen LogP contribution in [0.4, 0.5) is 32.2 Å². The third kappa shape index (κ3) is 10.3. The standard InChI is InChI=1S/C17H25N3O.2C2HF3O2/c1-2-8-18-16(3-1)19-15-6-10-21-17(11-15)7-9-20(13-17)12-14-4-5-14;2*3-2(4,5)1(6)7/h1-3,8,14-15H,4-7,9-13H2,(H,18,19);2*(H,6,7)/t15-,17-;;/m1../s1. The normalized spacial score (nSPS) is 24.6. The quantitative estimate of drug-likeness (QED) is 0.520. The van der Waals surface area contributed by atoms with Gasteiger partial charge in [0.1, 0.15) is 5.82 Å². The SMILES string of the molecule is O=C(O)C(F)(F)F.O=C(O)C(F)(F)F.c1ccc(N[C@@H]2CCO[C@]3(CCN(CC4CC4)C3)C2)nc1. The Morgan fingerprint density at radius 1 is 1.09 bits per heavy atom. The van der Waals surface area contributed by atoms with Gasteiger partial charge < -0.3 is 25.2 Å². The molecule has 0 unspecified atom stereocenters. The topological polar surface area (TPSA) is 112 Å². The Bertz CT molecular complexity index is 811. The third-order valence-electron chi connectivity index (χ3n) is 5.60. The van der Waals surface area contributed by atoms with Crippen LogP contribution in [0.15, 0.2) is 24.4 Å². The van der Waals surface area contributed by atoms with Crippen LogP contribution in [0.2, 0.25) is 0 Å². The van der Waals surface area contributed by atoms with Gasteiger partial charge in [0.25, 0.3) is 0 Å². The van der Waals surface area contributed by atoms with Crippen LogP contribution in [0.5, 0.6) is 0 Å². The summed E-state index contributed by atoms with van der Waals surface area (Å²) >= 11 is 0. The summed E-state index contributed by atoms with van der Waals surface area (Å²) in [5.41, 5.74) is 0.0968. The van der Waals surface area contributed by atoms with Crippen molar-refractivity contribution >= 4 is 17.8 Å². The molecule has 1 aromatic heterocycles. The second kappa shape index (κ2) is 11.9. The van der Waals surface area contributed by atoms with Gasteiger partial charge in [0.05, 0.1) is 5.60 Å². The first-order valence-corrected chi connectivity index (χ1v) is 10.8. The molecule has 0 bridgehead atoms. The molecular formula is C21H27F6N3O5. The van der Waals surface area contributed by atoms with Gasteiger partial charge in [0.2, 0.25) is 0 Å². The molecule has 4 rings (SSSR count). The second-order valence-electron chi connectivity index (χ2n) is 8.61. The molecule has 2 aliphatic heterocycles. The zero-order valence-corrected chi connectivity index (χ0v) is 18.6. The van der Waals surface area contributed by atoms with E-state index in [1.54, 1.807) is 0 Å². The number of hydrogen-bond acceptors (Lipinski definition) is 6. The summed E-state index contributed by atoms with van der Waals surface area (Å²) in [6.45, 7) is 4.52. The summed E-state index contributed by atoms with van der Waals surface area (Å²) in [4.78, 5) is 24.8. The fourth-order valence-electron chi connectivity index (χ4n) is 3.84. The van der Waals surface area contributed by atoms with Gasteiger partial charge in [-0.1, -0.05) is 6.07 Å². The fourth-order valence-corrected chi connectivity index (χ4v) is 3.84. The van der Waals surface area contributed by atoms with Crippen molar-refractivity contribution in [2.75, 3.05) is 31.6 Å². The van der Waals surface area contributed by atoms with Gasteiger partial charge in [0, 0.05) is 38.5 Å². The lowest BCUT2D eigenvalue weighted by atomic mass is 9.89. The molecule has 35 heavy (non-hydrogen) atoms. The van der Waals surface area contributed by atoms with Gasteiger partial charge in [-0.25, -0.2) is 14.6 Å². The number of carbonyl (C=O) groups is 2. The number of carboxylic acids is 2. The van der Waals surface area contributed by atoms with Gasteiger partial charge in [-0.3, -0.25) is 0 Å². The van der Waals surface area contributed by atoms with Gasteiger partial charge >= 0.3 is 24.3 Å². The minimum Gasteiger partial charge on any atom is -0.475 e. The number of ether oxygens (including phenoxy) is 1. The molecule has 2 saturated heterocycles. The summed E-state index contributed by atoms with van der Waals surface area (Å²) in [5, 5.41) is 17.8. The van der Waals surface area contributed by atoms with Crippen molar-refractivity contribution in [3.8, 4) is 0 Å². The number of aliphatic carboxylic acids is 2. The van der Waals surface area contributed by atoms with E-state index in [-0.39, 0.29) is 5.60 Å². The Hall–Kier alpha value is -2.61. The highest BCUT2D eigenvalue weighted by Crippen LogP contribution is 2.38. The highest BCUT2D eigenvalue weighted by atomic mass is 19.4. The van der Waals surface area contributed by atoms with E-state index < -0.39 is 24.3 Å². The molecule has 0 radical (unpaired) electrons. The number of nitrogens with one attached hydrogen (secondary N) is 1. The molecule has 14 heteroatoms. The maximum atomic E-state index is 10.6. The van der Waals surface area contributed by atoms with Crippen LogP contribution in [0, 0.1) is 5.92 Å². The Labute approximate surface area is 197 Å². The van der Waals surface area contributed by atoms with Gasteiger partial charge in [-0.15, -0.1) is 0 Å². The van der Waals surface area contributed by atoms with Crippen LogP contribution >= 0.6 is 0 Å². The molecule has 0 aromatic carbocycles. The van der Waals surface area contributed by atoms with Crippen LogP contribution < -0.4 is 5.32 Å². The summed E-state index contributed by atoms with van der Waals surface area (Å²) in [6.07, 6.45) is -2.04. The number of pyridine rings is 1. The number of aromatic nitrogens is 1. The monoisotopic (exact) mass is 515 g/mol. The molecule has 3 N–H and O–H groups in total. The zero-order chi connectivity index (χ0) is 26.3. The average Bonchev–Trinajstić information content (AvgIpc) is 3.49. The minimum atomic E-state index is -5.08. The number of likely N-dealkylation sites (tertiary alicyclic amines) is 1. The third-order valence-corrected chi connectivity index (χ3v) is 5.60. The van der Waals surface area contributed by atoms with Crippen LogP contribution in [-0.4, -0.2) is 82.3 Å². The fraction of sp³-hybridized carbons (Fsp3) is 0.667. The number of halogens is 6. The van der Waals surface area contributed by atoms with E-state index in [9.17, 15) is 26.3 Å². The van der Waals surface area contributed by atoms with Gasteiger partial charge in [-0.2, -0.15) is 26.3 Å². The van der Waals surface area contributed by atoms with Crippen LogP contribution in [0.25, 0.3) is 0 Å². The smallest absolute Gasteiger partial charge is 0.475 e. The second-order valence-corrected chi connectivity index (χ2v) is 8.61. The lowest BCUT2D eigenvalue weighted by molar-refractivity contribution is -0.193. The molecule has 3 aliphatic rings.